The minimum atomic E-state index is -4.80. The first-order valence-corrected chi connectivity index (χ1v) is 7.92. The van der Waals surface area contributed by atoms with Crippen LogP contribution >= 0.6 is 11.6 Å². The average molecular weight is 391 g/mol. The van der Waals surface area contributed by atoms with Crippen LogP contribution in [0.4, 0.5) is 32.4 Å². The summed E-state index contributed by atoms with van der Waals surface area (Å²) < 4.78 is 65.3. The van der Waals surface area contributed by atoms with Gasteiger partial charge in [-0.1, -0.05) is 17.7 Å². The summed E-state index contributed by atoms with van der Waals surface area (Å²) in [5, 5.41) is 1.51. The molecule has 0 aromatic heterocycles. The Morgan fingerprint density at radius 1 is 1.12 bits per heavy atom. The lowest BCUT2D eigenvalue weighted by Crippen LogP contribution is -2.39. The Morgan fingerprint density at radius 3 is 2.54 bits per heavy atom. The number of fused-ring (bicyclic) bond motifs is 1. The van der Waals surface area contributed by atoms with Gasteiger partial charge in [0, 0.05) is 13.1 Å². The van der Waals surface area contributed by atoms with Crippen LogP contribution in [0.15, 0.2) is 30.3 Å². The molecule has 0 fully saturated rings. The number of benzene rings is 2. The highest BCUT2D eigenvalue weighted by Gasteiger charge is 2.34. The largest absolute Gasteiger partial charge is 0.417 e. The zero-order valence-corrected chi connectivity index (χ0v) is 13.9. The third-order valence-corrected chi connectivity index (χ3v) is 4.38. The molecule has 0 spiro atoms. The van der Waals surface area contributed by atoms with Crippen LogP contribution in [0.25, 0.3) is 0 Å². The molecule has 26 heavy (non-hydrogen) atoms. The Balaban J connectivity index is 1.77. The van der Waals surface area contributed by atoms with Crippen molar-refractivity contribution < 1.29 is 26.7 Å². The molecule has 1 aliphatic rings. The zero-order valence-electron chi connectivity index (χ0n) is 13.1. The molecular formula is C17H12ClF5N2O. The number of urea groups is 1. The van der Waals surface area contributed by atoms with Crippen LogP contribution in [-0.4, -0.2) is 17.5 Å². The Kier molecular flexibility index (Phi) is 4.79. The summed E-state index contributed by atoms with van der Waals surface area (Å²) in [4.78, 5) is 13.7. The van der Waals surface area contributed by atoms with Gasteiger partial charge in [-0.05, 0) is 41.8 Å². The maximum absolute atomic E-state index is 13.9. The topological polar surface area (TPSA) is 32.3 Å². The van der Waals surface area contributed by atoms with Gasteiger partial charge in [0.25, 0.3) is 0 Å². The van der Waals surface area contributed by atoms with E-state index in [2.05, 4.69) is 5.32 Å². The van der Waals surface area contributed by atoms with E-state index in [9.17, 15) is 26.7 Å². The van der Waals surface area contributed by atoms with Crippen molar-refractivity contribution in [3.63, 3.8) is 0 Å². The van der Waals surface area contributed by atoms with Crippen molar-refractivity contribution in [2.75, 3.05) is 11.9 Å². The molecule has 138 valence electrons. The first-order chi connectivity index (χ1) is 12.1. The smallest absolute Gasteiger partial charge is 0.320 e. The standard InChI is InChI=1S/C17H12ClF5N2O/c18-13-7-15(14(20)6-12(13)17(21,22)23)24-16(26)25-4-3-9-5-11(19)2-1-10(9)8-25/h1-2,5-7H,3-4,8H2,(H,24,26). The maximum atomic E-state index is 13.9. The molecule has 3 nitrogen and oxygen atoms in total. The molecule has 1 N–H and O–H groups in total. The van der Waals surface area contributed by atoms with Crippen molar-refractivity contribution in [3.8, 4) is 0 Å². The fourth-order valence-electron chi connectivity index (χ4n) is 2.75. The first-order valence-electron chi connectivity index (χ1n) is 7.54. The molecule has 2 amide bonds. The molecule has 0 radical (unpaired) electrons. The average Bonchev–Trinajstić information content (AvgIpc) is 2.56. The van der Waals surface area contributed by atoms with Crippen LogP contribution in [-0.2, 0) is 19.1 Å². The molecule has 3 rings (SSSR count). The van der Waals surface area contributed by atoms with Gasteiger partial charge < -0.3 is 10.2 Å². The highest BCUT2D eigenvalue weighted by Crippen LogP contribution is 2.37. The van der Waals surface area contributed by atoms with Crippen LogP contribution in [0.1, 0.15) is 16.7 Å². The van der Waals surface area contributed by atoms with Gasteiger partial charge in [-0.2, -0.15) is 13.2 Å². The Morgan fingerprint density at radius 2 is 1.85 bits per heavy atom. The summed E-state index contributed by atoms with van der Waals surface area (Å²) in [5.74, 6) is -1.61. The van der Waals surface area contributed by atoms with Crippen LogP contribution in [0.3, 0.4) is 0 Å². The lowest BCUT2D eigenvalue weighted by atomic mass is 10.00. The van der Waals surface area contributed by atoms with Gasteiger partial charge in [0.1, 0.15) is 11.6 Å². The summed E-state index contributed by atoms with van der Waals surface area (Å²) >= 11 is 5.55. The SMILES string of the molecule is O=C(Nc1cc(Cl)c(C(F)(F)F)cc1F)N1CCc2cc(F)ccc2C1. The third kappa shape index (κ3) is 3.75. The fourth-order valence-corrected chi connectivity index (χ4v) is 3.02. The van der Waals surface area contributed by atoms with E-state index >= 15 is 0 Å². The fraction of sp³-hybridized carbons (Fsp3) is 0.235. The Labute approximate surface area is 150 Å². The van der Waals surface area contributed by atoms with E-state index in [0.29, 0.717) is 6.42 Å². The van der Waals surface area contributed by atoms with Crippen molar-refractivity contribution in [2.24, 2.45) is 0 Å². The number of hydrogen-bond acceptors (Lipinski definition) is 1. The number of rotatable bonds is 1. The molecule has 0 unspecified atom stereocenters. The summed E-state index contributed by atoms with van der Waals surface area (Å²) in [6, 6.07) is 4.50. The van der Waals surface area contributed by atoms with Crippen molar-refractivity contribution in [2.45, 2.75) is 19.1 Å². The lowest BCUT2D eigenvalue weighted by Gasteiger charge is -2.29. The quantitative estimate of drug-likeness (QED) is 0.665. The number of hydrogen-bond donors (Lipinski definition) is 1. The lowest BCUT2D eigenvalue weighted by molar-refractivity contribution is -0.137. The van der Waals surface area contributed by atoms with E-state index in [0.717, 1.165) is 17.2 Å². The first kappa shape index (κ1) is 18.4. The van der Waals surface area contributed by atoms with Gasteiger partial charge in [-0.15, -0.1) is 0 Å². The van der Waals surface area contributed by atoms with Gasteiger partial charge in [0.05, 0.1) is 16.3 Å². The van der Waals surface area contributed by atoms with Gasteiger partial charge >= 0.3 is 12.2 Å². The van der Waals surface area contributed by atoms with E-state index in [-0.39, 0.29) is 25.0 Å². The summed E-state index contributed by atoms with van der Waals surface area (Å²) in [5.41, 5.74) is -0.238. The molecule has 0 atom stereocenters. The van der Waals surface area contributed by atoms with Gasteiger partial charge in [-0.3, -0.25) is 0 Å². The van der Waals surface area contributed by atoms with Crippen molar-refractivity contribution in [1.29, 1.82) is 0 Å². The minimum absolute atomic E-state index is 0.178. The van der Waals surface area contributed by atoms with Gasteiger partial charge in [-0.25, -0.2) is 13.6 Å². The van der Waals surface area contributed by atoms with E-state index in [1.165, 1.54) is 17.0 Å². The molecule has 1 heterocycles. The predicted molar refractivity (Wildman–Crippen MR) is 85.9 cm³/mol. The number of nitrogens with zero attached hydrogens (tertiary/aromatic N) is 1. The van der Waals surface area contributed by atoms with Crippen LogP contribution in [0.5, 0.6) is 0 Å². The van der Waals surface area contributed by atoms with Gasteiger partial charge in [0.2, 0.25) is 0 Å². The molecule has 0 aliphatic carbocycles. The highest BCUT2D eigenvalue weighted by atomic mass is 35.5. The molecule has 2 aromatic rings. The number of halogens is 6. The molecule has 0 bridgehead atoms. The second-order valence-electron chi connectivity index (χ2n) is 5.82. The minimum Gasteiger partial charge on any atom is -0.320 e. The van der Waals surface area contributed by atoms with Crippen molar-refractivity contribution in [1.82, 2.24) is 4.90 Å². The number of carbonyl (C=O) groups is 1. The number of carbonyl (C=O) groups excluding carboxylic acids is 1. The Bertz CT molecular complexity index is 869. The third-order valence-electron chi connectivity index (χ3n) is 4.07. The number of alkyl halides is 3. The van der Waals surface area contributed by atoms with Crippen molar-refractivity contribution >= 4 is 23.3 Å². The molecule has 0 saturated heterocycles. The molecule has 2 aromatic carbocycles. The second-order valence-corrected chi connectivity index (χ2v) is 6.23. The number of amides is 2. The highest BCUT2D eigenvalue weighted by molar-refractivity contribution is 6.31. The zero-order chi connectivity index (χ0) is 19.1. The van der Waals surface area contributed by atoms with E-state index in [1.54, 1.807) is 6.07 Å². The van der Waals surface area contributed by atoms with Crippen LogP contribution in [0, 0.1) is 11.6 Å². The van der Waals surface area contributed by atoms with Gasteiger partial charge in [0.15, 0.2) is 0 Å². The molecular weight excluding hydrogens is 379 g/mol. The second kappa shape index (κ2) is 6.75. The number of nitrogens with one attached hydrogen (secondary N) is 1. The Hall–Kier alpha value is -2.35. The molecule has 1 aliphatic heterocycles. The normalized spacial score (nSPS) is 14.2. The molecule has 0 saturated carbocycles. The molecule has 9 heteroatoms. The monoisotopic (exact) mass is 390 g/mol. The van der Waals surface area contributed by atoms with E-state index < -0.39 is 34.3 Å². The maximum Gasteiger partial charge on any atom is 0.417 e. The summed E-state index contributed by atoms with van der Waals surface area (Å²) in [6.45, 7) is 0.440. The predicted octanol–water partition coefficient (Wildman–Crippen LogP) is 5.23. The summed E-state index contributed by atoms with van der Waals surface area (Å²) in [7, 11) is 0. The van der Waals surface area contributed by atoms with E-state index in [1.807, 2.05) is 0 Å². The van der Waals surface area contributed by atoms with E-state index in [4.69, 9.17) is 11.6 Å². The van der Waals surface area contributed by atoms with Crippen LogP contribution < -0.4 is 5.32 Å². The number of anilines is 1. The summed E-state index contributed by atoms with van der Waals surface area (Å²) in [6.07, 6.45) is -4.39. The van der Waals surface area contributed by atoms with Crippen molar-refractivity contribution in [3.05, 3.63) is 63.7 Å². The van der Waals surface area contributed by atoms with Crippen LogP contribution in [0.2, 0.25) is 5.02 Å².